The molecule has 0 bridgehead atoms. The van der Waals surface area contributed by atoms with Crippen LogP contribution in [0.15, 0.2) is 43.0 Å². The normalized spacial score (nSPS) is 20.4. The van der Waals surface area contributed by atoms with Crippen LogP contribution in [0.25, 0.3) is 0 Å². The molecule has 0 saturated carbocycles. The highest BCUT2D eigenvalue weighted by Gasteiger charge is 2.32. The van der Waals surface area contributed by atoms with Crippen molar-refractivity contribution in [3.05, 3.63) is 48.6 Å². The molecule has 118 valence electrons. The molecule has 1 heterocycles. The maximum absolute atomic E-state index is 12.2. The smallest absolute Gasteiger partial charge is 0.214 e. The first-order valence-electron chi connectivity index (χ1n) is 7.33. The van der Waals surface area contributed by atoms with E-state index in [0.717, 1.165) is 5.56 Å². The van der Waals surface area contributed by atoms with Crippen LogP contribution in [0.1, 0.15) is 12.0 Å². The van der Waals surface area contributed by atoms with Crippen LogP contribution in [-0.4, -0.2) is 49.1 Å². The lowest BCUT2D eigenvalue weighted by atomic mass is 10.1. The summed E-state index contributed by atoms with van der Waals surface area (Å²) in [7, 11) is -3.30. The summed E-state index contributed by atoms with van der Waals surface area (Å²) in [5, 5.41) is 9.37. The first-order chi connectivity index (χ1) is 10.6. The number of hydrogen-bond donors (Lipinski definition) is 0. The molecule has 1 aliphatic rings. The fourth-order valence-corrected chi connectivity index (χ4v) is 3.99. The molecule has 2 rings (SSSR count). The Morgan fingerprint density at radius 2 is 2.05 bits per heavy atom. The van der Waals surface area contributed by atoms with Crippen LogP contribution in [0.5, 0.6) is 0 Å². The molecule has 0 aliphatic carbocycles. The average molecular weight is 319 g/mol. The summed E-state index contributed by atoms with van der Waals surface area (Å²) < 4.78 is 25.9. The first-order valence-corrected chi connectivity index (χ1v) is 8.94. The molecular weight excluding hydrogens is 298 g/mol. The first kappa shape index (κ1) is 16.7. The zero-order valence-electron chi connectivity index (χ0n) is 12.6. The lowest BCUT2D eigenvalue weighted by molar-refractivity contribution is 0.143. The van der Waals surface area contributed by atoms with Crippen LogP contribution in [0.3, 0.4) is 0 Å². The van der Waals surface area contributed by atoms with E-state index < -0.39 is 16.1 Å². The van der Waals surface area contributed by atoms with Gasteiger partial charge in [-0.25, -0.2) is 8.42 Å². The fourth-order valence-electron chi connectivity index (χ4n) is 2.54. The van der Waals surface area contributed by atoms with Crippen molar-refractivity contribution in [2.75, 3.05) is 25.4 Å². The van der Waals surface area contributed by atoms with Crippen molar-refractivity contribution in [3.63, 3.8) is 0 Å². The van der Waals surface area contributed by atoms with Crippen molar-refractivity contribution < 1.29 is 8.42 Å². The van der Waals surface area contributed by atoms with Crippen LogP contribution >= 0.6 is 0 Å². The number of nitrogens with zero attached hydrogens (tertiary/aromatic N) is 3. The minimum atomic E-state index is -3.30. The van der Waals surface area contributed by atoms with E-state index in [9.17, 15) is 13.7 Å². The Bertz CT molecular complexity index is 637. The highest BCUT2D eigenvalue weighted by Crippen LogP contribution is 2.17. The Kier molecular flexibility index (Phi) is 5.72. The zero-order valence-corrected chi connectivity index (χ0v) is 13.4. The summed E-state index contributed by atoms with van der Waals surface area (Å²) in [4.78, 5) is 2.04. The maximum atomic E-state index is 12.2. The molecule has 1 fully saturated rings. The molecule has 22 heavy (non-hydrogen) atoms. The SMILES string of the molecule is C=CCCS(=O)(=O)N1CCN(Cc2ccccc2)[C@@H](C#N)C1. The summed E-state index contributed by atoms with van der Waals surface area (Å²) in [5.41, 5.74) is 1.13. The highest BCUT2D eigenvalue weighted by atomic mass is 32.2. The number of sulfonamides is 1. The molecule has 5 nitrogen and oxygen atoms in total. The number of hydrogen-bond acceptors (Lipinski definition) is 4. The number of nitriles is 1. The third-order valence-electron chi connectivity index (χ3n) is 3.80. The van der Waals surface area contributed by atoms with Gasteiger partial charge in [0.15, 0.2) is 0 Å². The van der Waals surface area contributed by atoms with Crippen LogP contribution in [0, 0.1) is 11.3 Å². The van der Waals surface area contributed by atoms with Crippen molar-refractivity contribution >= 4 is 10.0 Å². The van der Waals surface area contributed by atoms with Crippen molar-refractivity contribution in [1.82, 2.24) is 9.21 Å². The predicted octanol–water partition coefficient (Wildman–Crippen LogP) is 1.60. The second kappa shape index (κ2) is 7.54. The Morgan fingerprint density at radius 1 is 1.32 bits per heavy atom. The van der Waals surface area contributed by atoms with E-state index in [2.05, 4.69) is 12.6 Å². The van der Waals surface area contributed by atoms with E-state index in [1.165, 1.54) is 4.31 Å². The molecule has 0 radical (unpaired) electrons. The van der Waals surface area contributed by atoms with Gasteiger partial charge in [0.05, 0.1) is 11.8 Å². The molecule has 1 aromatic carbocycles. The monoisotopic (exact) mass is 319 g/mol. The Morgan fingerprint density at radius 3 is 2.68 bits per heavy atom. The summed E-state index contributed by atoms with van der Waals surface area (Å²) >= 11 is 0. The van der Waals surface area contributed by atoms with Gasteiger partial charge < -0.3 is 0 Å². The molecule has 1 aliphatic heterocycles. The fraction of sp³-hybridized carbons (Fsp3) is 0.438. The van der Waals surface area contributed by atoms with E-state index in [1.54, 1.807) is 6.08 Å². The summed E-state index contributed by atoms with van der Waals surface area (Å²) in [5.74, 6) is 0.0628. The molecule has 1 aromatic rings. The van der Waals surface area contributed by atoms with Gasteiger partial charge in [-0.05, 0) is 12.0 Å². The van der Waals surface area contributed by atoms with Crippen LogP contribution < -0.4 is 0 Å². The standard InChI is InChI=1S/C16H21N3O2S/c1-2-3-11-22(20,21)19-10-9-18(16(12-17)14-19)13-15-7-5-4-6-8-15/h2,4-8,16H,1,3,9-11,13-14H2/t16-/m0/s1. The van der Waals surface area contributed by atoms with E-state index in [0.29, 0.717) is 26.1 Å². The highest BCUT2D eigenvalue weighted by molar-refractivity contribution is 7.89. The van der Waals surface area contributed by atoms with Gasteiger partial charge >= 0.3 is 0 Å². The minimum absolute atomic E-state index is 0.0628. The van der Waals surface area contributed by atoms with E-state index in [-0.39, 0.29) is 12.3 Å². The maximum Gasteiger partial charge on any atom is 0.214 e. The van der Waals surface area contributed by atoms with Crippen LogP contribution in [-0.2, 0) is 16.6 Å². The van der Waals surface area contributed by atoms with Gasteiger partial charge in [-0.2, -0.15) is 9.57 Å². The molecule has 0 N–H and O–H groups in total. The van der Waals surface area contributed by atoms with Crippen molar-refractivity contribution in [2.45, 2.75) is 19.0 Å². The number of piperazine rings is 1. The van der Waals surface area contributed by atoms with E-state index in [1.807, 2.05) is 35.2 Å². The Balaban J connectivity index is 2.02. The number of rotatable bonds is 6. The summed E-state index contributed by atoms with van der Waals surface area (Å²) in [6.45, 7) is 5.47. The molecule has 1 atom stereocenters. The molecule has 0 amide bonds. The Hall–Kier alpha value is -1.68. The third-order valence-corrected chi connectivity index (χ3v) is 5.67. The van der Waals surface area contributed by atoms with Crippen molar-refractivity contribution in [3.8, 4) is 6.07 Å². The predicted molar refractivity (Wildman–Crippen MR) is 86.4 cm³/mol. The van der Waals surface area contributed by atoms with Gasteiger partial charge in [-0.3, -0.25) is 4.90 Å². The lowest BCUT2D eigenvalue weighted by Crippen LogP contribution is -2.54. The molecular formula is C16H21N3O2S. The topological polar surface area (TPSA) is 64.4 Å². The number of benzene rings is 1. The molecule has 0 aromatic heterocycles. The van der Waals surface area contributed by atoms with Crippen molar-refractivity contribution in [1.29, 1.82) is 5.26 Å². The van der Waals surface area contributed by atoms with Gasteiger partial charge in [0, 0.05) is 26.2 Å². The van der Waals surface area contributed by atoms with Gasteiger partial charge in [0.25, 0.3) is 0 Å². The lowest BCUT2D eigenvalue weighted by Gasteiger charge is -2.37. The quantitative estimate of drug-likeness (QED) is 0.747. The largest absolute Gasteiger partial charge is 0.281 e. The van der Waals surface area contributed by atoms with Gasteiger partial charge in [0.1, 0.15) is 6.04 Å². The average Bonchev–Trinajstić information content (AvgIpc) is 2.54. The number of allylic oxidation sites excluding steroid dienone is 1. The van der Waals surface area contributed by atoms with Gasteiger partial charge in [-0.1, -0.05) is 36.4 Å². The van der Waals surface area contributed by atoms with Gasteiger partial charge in [0.2, 0.25) is 10.0 Å². The van der Waals surface area contributed by atoms with Crippen LogP contribution in [0.4, 0.5) is 0 Å². The summed E-state index contributed by atoms with van der Waals surface area (Å²) in [6.07, 6.45) is 2.04. The molecule has 1 saturated heterocycles. The Labute approximate surface area is 132 Å². The minimum Gasteiger partial charge on any atom is -0.281 e. The van der Waals surface area contributed by atoms with E-state index in [4.69, 9.17) is 0 Å². The van der Waals surface area contributed by atoms with Crippen molar-refractivity contribution in [2.24, 2.45) is 0 Å². The second-order valence-electron chi connectivity index (χ2n) is 5.35. The second-order valence-corrected chi connectivity index (χ2v) is 7.44. The summed E-state index contributed by atoms with van der Waals surface area (Å²) in [6, 6.07) is 11.7. The molecule has 0 spiro atoms. The third kappa shape index (κ3) is 4.17. The zero-order chi connectivity index (χ0) is 16.0. The van der Waals surface area contributed by atoms with E-state index >= 15 is 0 Å². The molecule has 0 unspecified atom stereocenters. The molecule has 6 heteroatoms. The van der Waals surface area contributed by atoms with Crippen LogP contribution in [0.2, 0.25) is 0 Å². The van der Waals surface area contributed by atoms with Gasteiger partial charge in [-0.15, -0.1) is 6.58 Å².